The summed E-state index contributed by atoms with van der Waals surface area (Å²) in [6.07, 6.45) is 1.24. The van der Waals surface area contributed by atoms with Crippen molar-refractivity contribution in [1.29, 1.82) is 0 Å². The fourth-order valence-electron chi connectivity index (χ4n) is 2.16. The predicted octanol–water partition coefficient (Wildman–Crippen LogP) is 4.36. The summed E-state index contributed by atoms with van der Waals surface area (Å²) in [5, 5.41) is 0.636. The molecule has 4 heteroatoms. The number of hydrogen-bond donors (Lipinski definition) is 1. The van der Waals surface area contributed by atoms with Crippen LogP contribution in [0, 0.1) is 6.92 Å². The molecular formula is C16H22N2OS. The van der Waals surface area contributed by atoms with Gasteiger partial charge in [0.05, 0.1) is 11.8 Å². The summed E-state index contributed by atoms with van der Waals surface area (Å²) >= 11 is 1.57. The van der Waals surface area contributed by atoms with Crippen molar-refractivity contribution in [2.24, 2.45) is 0 Å². The van der Waals surface area contributed by atoms with Crippen molar-refractivity contribution in [2.75, 3.05) is 5.73 Å². The van der Waals surface area contributed by atoms with Crippen LogP contribution in [0.5, 0.6) is 5.75 Å². The number of hydrogen-bond acceptors (Lipinski definition) is 4. The van der Waals surface area contributed by atoms with Gasteiger partial charge in [-0.25, -0.2) is 4.98 Å². The molecule has 0 aliphatic rings. The number of nitrogen functional groups attached to an aromatic ring is 1. The quantitative estimate of drug-likeness (QED) is 0.890. The van der Waals surface area contributed by atoms with Gasteiger partial charge in [-0.2, -0.15) is 0 Å². The molecule has 1 heterocycles. The van der Waals surface area contributed by atoms with Gasteiger partial charge in [-0.3, -0.25) is 0 Å². The van der Waals surface area contributed by atoms with Crippen LogP contribution in [-0.4, -0.2) is 11.1 Å². The maximum atomic E-state index is 5.89. The lowest BCUT2D eigenvalue weighted by Gasteiger charge is -2.16. The molecule has 108 valence electrons. The predicted molar refractivity (Wildman–Crippen MR) is 85.6 cm³/mol. The van der Waals surface area contributed by atoms with E-state index in [0.717, 1.165) is 17.9 Å². The van der Waals surface area contributed by atoms with Crippen molar-refractivity contribution >= 4 is 16.5 Å². The minimum Gasteiger partial charge on any atom is -0.491 e. The maximum absolute atomic E-state index is 5.89. The van der Waals surface area contributed by atoms with Crippen LogP contribution in [0.2, 0.25) is 0 Å². The third kappa shape index (κ3) is 3.31. The average molecular weight is 290 g/mol. The highest BCUT2D eigenvalue weighted by Gasteiger charge is 2.16. The summed E-state index contributed by atoms with van der Waals surface area (Å²) in [5.41, 5.74) is 8.05. The zero-order valence-electron chi connectivity index (χ0n) is 12.5. The van der Waals surface area contributed by atoms with Crippen LogP contribution in [0.25, 0.3) is 0 Å². The van der Waals surface area contributed by atoms with Crippen LogP contribution < -0.4 is 10.5 Å². The molecule has 0 spiro atoms. The first kappa shape index (κ1) is 14.9. The van der Waals surface area contributed by atoms with Gasteiger partial charge < -0.3 is 10.5 Å². The van der Waals surface area contributed by atoms with E-state index < -0.39 is 0 Å². The van der Waals surface area contributed by atoms with Crippen molar-refractivity contribution in [3.63, 3.8) is 0 Å². The molecule has 0 fully saturated rings. The Kier molecular flexibility index (Phi) is 4.65. The number of rotatable bonds is 5. The van der Waals surface area contributed by atoms with Gasteiger partial charge >= 0.3 is 0 Å². The van der Waals surface area contributed by atoms with Crippen LogP contribution in [0.3, 0.4) is 0 Å². The molecule has 2 rings (SSSR count). The summed E-state index contributed by atoms with van der Waals surface area (Å²) in [4.78, 5) is 5.53. The maximum Gasteiger partial charge on any atom is 0.180 e. The first-order valence-corrected chi connectivity index (χ1v) is 7.82. The molecule has 0 aliphatic heterocycles. The third-order valence-electron chi connectivity index (χ3n) is 3.51. The molecule has 2 N–H and O–H groups in total. The van der Waals surface area contributed by atoms with Gasteiger partial charge in [0.15, 0.2) is 5.13 Å². The minimum absolute atomic E-state index is 0.237. The standard InChI is InChI=1S/C16H22N2OS/c1-5-10(2)19-14-8-6-7-13(9-14)11(3)15-12(4)18-16(17)20-15/h6-11H,5H2,1-4H3,(H2,17,18). The van der Waals surface area contributed by atoms with E-state index in [1.54, 1.807) is 11.3 Å². The van der Waals surface area contributed by atoms with Gasteiger partial charge in [0.1, 0.15) is 5.75 Å². The summed E-state index contributed by atoms with van der Waals surface area (Å²) in [5.74, 6) is 1.21. The van der Waals surface area contributed by atoms with E-state index in [9.17, 15) is 0 Å². The number of aryl methyl sites for hydroxylation is 1. The molecule has 2 aromatic rings. The van der Waals surface area contributed by atoms with E-state index in [2.05, 4.69) is 37.9 Å². The first-order valence-electron chi connectivity index (χ1n) is 7.00. The smallest absolute Gasteiger partial charge is 0.180 e. The van der Waals surface area contributed by atoms with Crippen molar-refractivity contribution in [2.45, 2.75) is 46.1 Å². The number of nitrogens with zero attached hydrogens (tertiary/aromatic N) is 1. The highest BCUT2D eigenvalue weighted by Crippen LogP contribution is 2.33. The summed E-state index contributed by atoms with van der Waals surface area (Å²) in [7, 11) is 0. The Morgan fingerprint density at radius 2 is 2.10 bits per heavy atom. The Balaban J connectivity index is 2.24. The molecule has 2 unspecified atom stereocenters. The zero-order chi connectivity index (χ0) is 14.7. The van der Waals surface area contributed by atoms with Gasteiger partial charge in [-0.15, -0.1) is 11.3 Å². The molecule has 3 nitrogen and oxygen atoms in total. The highest BCUT2D eigenvalue weighted by molar-refractivity contribution is 7.15. The SMILES string of the molecule is CCC(C)Oc1cccc(C(C)c2sc(N)nc2C)c1. The molecule has 0 aliphatic carbocycles. The highest BCUT2D eigenvalue weighted by atomic mass is 32.1. The lowest BCUT2D eigenvalue weighted by molar-refractivity contribution is 0.217. The lowest BCUT2D eigenvalue weighted by Crippen LogP contribution is -2.10. The molecule has 0 saturated carbocycles. The van der Waals surface area contributed by atoms with Gasteiger partial charge in [0.25, 0.3) is 0 Å². The molecule has 2 atom stereocenters. The fourth-order valence-corrected chi connectivity index (χ4v) is 3.07. The lowest BCUT2D eigenvalue weighted by atomic mass is 9.98. The summed E-state index contributed by atoms with van der Waals surface area (Å²) in [6, 6.07) is 8.30. The van der Waals surface area contributed by atoms with Gasteiger partial charge in [0, 0.05) is 10.8 Å². The Hall–Kier alpha value is -1.55. The largest absolute Gasteiger partial charge is 0.491 e. The molecule has 20 heavy (non-hydrogen) atoms. The average Bonchev–Trinajstić information content (AvgIpc) is 2.77. The van der Waals surface area contributed by atoms with Gasteiger partial charge in [0.2, 0.25) is 0 Å². The zero-order valence-corrected chi connectivity index (χ0v) is 13.3. The second kappa shape index (κ2) is 6.27. The van der Waals surface area contributed by atoms with Crippen LogP contribution in [0.15, 0.2) is 24.3 Å². The Morgan fingerprint density at radius 3 is 2.70 bits per heavy atom. The van der Waals surface area contributed by atoms with E-state index >= 15 is 0 Å². The fraction of sp³-hybridized carbons (Fsp3) is 0.438. The van der Waals surface area contributed by atoms with Crippen LogP contribution in [0.4, 0.5) is 5.13 Å². The number of nitrogens with two attached hydrogens (primary N) is 1. The Bertz CT molecular complexity index is 580. The van der Waals surface area contributed by atoms with E-state index in [-0.39, 0.29) is 12.0 Å². The second-order valence-electron chi connectivity index (χ2n) is 5.13. The molecule has 1 aromatic heterocycles. The monoisotopic (exact) mass is 290 g/mol. The summed E-state index contributed by atoms with van der Waals surface area (Å²) < 4.78 is 5.89. The Morgan fingerprint density at radius 1 is 1.35 bits per heavy atom. The number of ether oxygens (including phenoxy) is 1. The van der Waals surface area contributed by atoms with Crippen molar-refractivity contribution in [1.82, 2.24) is 4.98 Å². The molecule has 1 aromatic carbocycles. The molecule has 0 bridgehead atoms. The summed E-state index contributed by atoms with van der Waals surface area (Å²) in [6.45, 7) is 8.41. The van der Waals surface area contributed by atoms with Crippen LogP contribution in [-0.2, 0) is 0 Å². The molecule has 0 radical (unpaired) electrons. The van der Waals surface area contributed by atoms with Crippen molar-refractivity contribution in [3.8, 4) is 5.75 Å². The molecule has 0 amide bonds. The number of anilines is 1. The Labute approximate surface area is 124 Å². The number of benzene rings is 1. The molecule has 0 saturated heterocycles. The normalized spacial score (nSPS) is 14.0. The van der Waals surface area contributed by atoms with Crippen molar-refractivity contribution in [3.05, 3.63) is 40.4 Å². The number of thiazole rings is 1. The van der Waals surface area contributed by atoms with Crippen LogP contribution >= 0.6 is 11.3 Å². The van der Waals surface area contributed by atoms with Gasteiger partial charge in [-0.1, -0.05) is 26.0 Å². The second-order valence-corrected chi connectivity index (χ2v) is 6.19. The third-order valence-corrected chi connectivity index (χ3v) is 4.68. The van der Waals surface area contributed by atoms with E-state index in [1.807, 2.05) is 19.1 Å². The van der Waals surface area contributed by atoms with Crippen molar-refractivity contribution < 1.29 is 4.74 Å². The van der Waals surface area contributed by atoms with E-state index in [0.29, 0.717) is 5.13 Å². The minimum atomic E-state index is 0.237. The van der Waals surface area contributed by atoms with Crippen LogP contribution in [0.1, 0.15) is 49.2 Å². The topological polar surface area (TPSA) is 48.1 Å². The number of aromatic nitrogens is 1. The van der Waals surface area contributed by atoms with Gasteiger partial charge in [-0.05, 0) is 38.0 Å². The molecular weight excluding hydrogens is 268 g/mol. The van der Waals surface area contributed by atoms with E-state index in [4.69, 9.17) is 10.5 Å². The first-order chi connectivity index (χ1) is 9.51. The van der Waals surface area contributed by atoms with E-state index in [1.165, 1.54) is 10.4 Å².